The Kier molecular flexibility index (Phi) is 3.52. The molecule has 0 saturated carbocycles. The van der Waals surface area contributed by atoms with Crippen LogP contribution in [0.3, 0.4) is 0 Å². The van der Waals surface area contributed by atoms with Crippen molar-refractivity contribution < 1.29 is 17.9 Å². The molecule has 1 rings (SSSR count). The van der Waals surface area contributed by atoms with Crippen molar-refractivity contribution in [3.63, 3.8) is 0 Å². The Balaban J connectivity index is 2.92. The third-order valence-electron chi connectivity index (χ3n) is 1.78. The summed E-state index contributed by atoms with van der Waals surface area (Å²) in [5.41, 5.74) is -0.435. The van der Waals surface area contributed by atoms with E-state index in [4.69, 9.17) is 4.74 Å². The van der Waals surface area contributed by atoms with Crippen LogP contribution in [0.5, 0.6) is 0 Å². The van der Waals surface area contributed by atoms with Crippen molar-refractivity contribution in [3.05, 3.63) is 35.4 Å². The van der Waals surface area contributed by atoms with Gasteiger partial charge in [0.25, 0.3) is 0 Å². The Bertz CT molecular complexity index is 294. The monoisotopic (exact) mass is 204 g/mol. The molecule has 1 aromatic rings. The molecule has 0 amide bonds. The summed E-state index contributed by atoms with van der Waals surface area (Å²) in [6, 6.07) is 5.44. The van der Waals surface area contributed by atoms with Gasteiger partial charge in [-0.1, -0.05) is 18.2 Å². The zero-order valence-corrected chi connectivity index (χ0v) is 7.77. The number of ether oxygens (including phenoxy) is 1. The maximum Gasteiger partial charge on any atom is 0.416 e. The number of hydrogen-bond acceptors (Lipinski definition) is 1. The van der Waals surface area contributed by atoms with E-state index in [-0.39, 0.29) is 12.2 Å². The number of benzene rings is 1. The van der Waals surface area contributed by atoms with Gasteiger partial charge in [-0.15, -0.1) is 0 Å². The minimum Gasteiger partial charge on any atom is -0.377 e. The molecule has 0 spiro atoms. The van der Waals surface area contributed by atoms with E-state index in [1.165, 1.54) is 12.1 Å². The Morgan fingerprint density at radius 1 is 1.21 bits per heavy atom. The average molecular weight is 204 g/mol. The first-order valence-corrected chi connectivity index (χ1v) is 4.28. The fourth-order valence-electron chi connectivity index (χ4n) is 1.13. The van der Waals surface area contributed by atoms with Gasteiger partial charge >= 0.3 is 6.18 Å². The van der Waals surface area contributed by atoms with Crippen LogP contribution in [-0.2, 0) is 17.5 Å². The fraction of sp³-hybridized carbons (Fsp3) is 0.400. The molecule has 0 atom stereocenters. The molecular formula is C10H11F3O. The Morgan fingerprint density at radius 2 is 1.86 bits per heavy atom. The van der Waals surface area contributed by atoms with Crippen molar-refractivity contribution >= 4 is 0 Å². The molecule has 0 aromatic heterocycles. The molecule has 1 aromatic carbocycles. The summed E-state index contributed by atoms with van der Waals surface area (Å²) in [6.07, 6.45) is -4.30. The molecule has 0 bridgehead atoms. The molecule has 0 saturated heterocycles. The zero-order chi connectivity index (χ0) is 10.6. The Labute approximate surface area is 80.5 Å². The predicted octanol–water partition coefficient (Wildman–Crippen LogP) is 3.24. The molecule has 1 nitrogen and oxygen atoms in total. The second kappa shape index (κ2) is 4.46. The highest BCUT2D eigenvalue weighted by Crippen LogP contribution is 2.31. The normalized spacial score (nSPS) is 11.7. The van der Waals surface area contributed by atoms with E-state index in [0.717, 1.165) is 6.07 Å². The molecule has 14 heavy (non-hydrogen) atoms. The third-order valence-corrected chi connectivity index (χ3v) is 1.78. The van der Waals surface area contributed by atoms with Gasteiger partial charge in [-0.2, -0.15) is 13.2 Å². The van der Waals surface area contributed by atoms with Gasteiger partial charge in [0.1, 0.15) is 0 Å². The molecule has 0 aliphatic carbocycles. The van der Waals surface area contributed by atoms with Crippen LogP contribution >= 0.6 is 0 Å². The van der Waals surface area contributed by atoms with Gasteiger partial charge in [-0.25, -0.2) is 0 Å². The Morgan fingerprint density at radius 3 is 2.43 bits per heavy atom. The van der Waals surface area contributed by atoms with Crippen LogP contribution in [0.15, 0.2) is 24.3 Å². The van der Waals surface area contributed by atoms with Gasteiger partial charge in [0.05, 0.1) is 12.2 Å². The lowest BCUT2D eigenvalue weighted by molar-refractivity contribution is -0.138. The lowest BCUT2D eigenvalue weighted by atomic mass is 10.1. The topological polar surface area (TPSA) is 9.23 Å². The lowest BCUT2D eigenvalue weighted by Gasteiger charge is -2.11. The molecule has 0 aliphatic rings. The van der Waals surface area contributed by atoms with Crippen molar-refractivity contribution in [2.24, 2.45) is 0 Å². The highest BCUT2D eigenvalue weighted by atomic mass is 19.4. The van der Waals surface area contributed by atoms with Crippen LogP contribution < -0.4 is 0 Å². The first kappa shape index (κ1) is 11.0. The van der Waals surface area contributed by atoms with Crippen molar-refractivity contribution in [2.45, 2.75) is 19.7 Å². The molecule has 0 fully saturated rings. The average Bonchev–Trinajstić information content (AvgIpc) is 2.14. The van der Waals surface area contributed by atoms with Gasteiger partial charge in [0.15, 0.2) is 0 Å². The van der Waals surface area contributed by atoms with E-state index in [1.54, 1.807) is 13.0 Å². The highest BCUT2D eigenvalue weighted by molar-refractivity contribution is 5.28. The summed E-state index contributed by atoms with van der Waals surface area (Å²) in [7, 11) is 0. The van der Waals surface area contributed by atoms with Crippen molar-refractivity contribution in [3.8, 4) is 0 Å². The summed E-state index contributed by atoms with van der Waals surface area (Å²) in [5, 5.41) is 0. The molecule has 0 aliphatic heterocycles. The maximum atomic E-state index is 12.4. The van der Waals surface area contributed by atoms with Gasteiger partial charge < -0.3 is 4.74 Å². The lowest BCUT2D eigenvalue weighted by Crippen LogP contribution is -2.09. The summed E-state index contributed by atoms with van der Waals surface area (Å²) in [4.78, 5) is 0. The van der Waals surface area contributed by atoms with Crippen molar-refractivity contribution in [1.29, 1.82) is 0 Å². The summed E-state index contributed by atoms with van der Waals surface area (Å²) in [5.74, 6) is 0. The van der Waals surface area contributed by atoms with E-state index in [0.29, 0.717) is 6.61 Å². The molecule has 0 radical (unpaired) electrons. The predicted molar refractivity (Wildman–Crippen MR) is 46.8 cm³/mol. The standard InChI is InChI=1S/C10H11F3O/c1-2-14-7-8-5-3-4-6-9(8)10(11,12)13/h3-6H,2,7H2,1H3. The van der Waals surface area contributed by atoms with Crippen LogP contribution in [0.2, 0.25) is 0 Å². The maximum absolute atomic E-state index is 12.4. The van der Waals surface area contributed by atoms with Crippen LogP contribution in [0.25, 0.3) is 0 Å². The first-order valence-electron chi connectivity index (χ1n) is 4.28. The van der Waals surface area contributed by atoms with Crippen LogP contribution in [0.1, 0.15) is 18.1 Å². The minimum absolute atomic E-state index is 0.00613. The van der Waals surface area contributed by atoms with E-state index < -0.39 is 11.7 Å². The van der Waals surface area contributed by atoms with E-state index in [1.807, 2.05) is 0 Å². The van der Waals surface area contributed by atoms with Crippen molar-refractivity contribution in [2.75, 3.05) is 6.61 Å². The molecular weight excluding hydrogens is 193 g/mol. The molecule has 0 unspecified atom stereocenters. The summed E-state index contributed by atoms with van der Waals surface area (Å²) in [6.45, 7) is 2.16. The van der Waals surface area contributed by atoms with E-state index in [9.17, 15) is 13.2 Å². The fourth-order valence-corrected chi connectivity index (χ4v) is 1.13. The van der Waals surface area contributed by atoms with Crippen LogP contribution in [0, 0.1) is 0 Å². The molecule has 78 valence electrons. The smallest absolute Gasteiger partial charge is 0.377 e. The summed E-state index contributed by atoms with van der Waals surface area (Å²) < 4.78 is 42.2. The third kappa shape index (κ3) is 2.73. The van der Waals surface area contributed by atoms with Gasteiger partial charge in [0.2, 0.25) is 0 Å². The molecule has 4 heteroatoms. The van der Waals surface area contributed by atoms with Crippen molar-refractivity contribution in [1.82, 2.24) is 0 Å². The van der Waals surface area contributed by atoms with E-state index in [2.05, 4.69) is 0 Å². The minimum atomic E-state index is -4.30. The largest absolute Gasteiger partial charge is 0.416 e. The van der Waals surface area contributed by atoms with Crippen LogP contribution in [0.4, 0.5) is 13.2 Å². The van der Waals surface area contributed by atoms with Gasteiger partial charge in [-0.3, -0.25) is 0 Å². The molecule has 0 N–H and O–H groups in total. The zero-order valence-electron chi connectivity index (χ0n) is 7.77. The number of hydrogen-bond donors (Lipinski definition) is 0. The van der Waals surface area contributed by atoms with Gasteiger partial charge in [0, 0.05) is 6.61 Å². The quantitative estimate of drug-likeness (QED) is 0.734. The number of halogens is 3. The second-order valence-electron chi connectivity index (χ2n) is 2.79. The number of rotatable bonds is 3. The Hall–Kier alpha value is -1.03. The number of alkyl halides is 3. The highest BCUT2D eigenvalue weighted by Gasteiger charge is 2.32. The van der Waals surface area contributed by atoms with E-state index >= 15 is 0 Å². The SMILES string of the molecule is CCOCc1ccccc1C(F)(F)F. The first-order chi connectivity index (χ1) is 6.55. The summed E-state index contributed by atoms with van der Waals surface area (Å²) >= 11 is 0. The van der Waals surface area contributed by atoms with Gasteiger partial charge in [-0.05, 0) is 18.6 Å². The second-order valence-corrected chi connectivity index (χ2v) is 2.79. The van der Waals surface area contributed by atoms with Crippen LogP contribution in [-0.4, -0.2) is 6.61 Å². The molecule has 0 heterocycles.